The largest absolute Gasteiger partial charge is 0.376 e. The summed E-state index contributed by atoms with van der Waals surface area (Å²) in [5, 5.41) is 0.739. The predicted molar refractivity (Wildman–Crippen MR) is 90.3 cm³/mol. The van der Waals surface area contributed by atoms with E-state index in [-0.39, 0.29) is 17.9 Å². The molecule has 0 N–H and O–H groups in total. The number of carbonyl (C=O) groups is 2. The molecule has 2 amide bonds. The first-order valence-corrected chi connectivity index (χ1v) is 8.56. The van der Waals surface area contributed by atoms with Crippen molar-refractivity contribution in [2.75, 3.05) is 13.2 Å². The van der Waals surface area contributed by atoms with Crippen molar-refractivity contribution < 1.29 is 14.3 Å². The minimum atomic E-state index is -0.0892. The van der Waals surface area contributed by atoms with Gasteiger partial charge in [-0.1, -0.05) is 37.6 Å². The van der Waals surface area contributed by atoms with E-state index >= 15 is 0 Å². The van der Waals surface area contributed by atoms with Crippen LogP contribution in [0.2, 0.25) is 5.02 Å². The maximum Gasteiger partial charge on any atom is 0.229 e. The zero-order chi connectivity index (χ0) is 16.8. The number of carbonyl (C=O) groups excluding carboxylic acids is 2. The van der Waals surface area contributed by atoms with E-state index in [0.29, 0.717) is 31.9 Å². The molecule has 1 aliphatic heterocycles. The highest BCUT2D eigenvalue weighted by molar-refractivity contribution is 6.30. The summed E-state index contributed by atoms with van der Waals surface area (Å²) in [7, 11) is 0. The molecule has 4 nitrogen and oxygen atoms in total. The van der Waals surface area contributed by atoms with E-state index in [9.17, 15) is 9.59 Å². The smallest absolute Gasteiger partial charge is 0.229 e. The summed E-state index contributed by atoms with van der Waals surface area (Å²) in [6.07, 6.45) is 2.28. The third-order valence-corrected chi connectivity index (χ3v) is 4.36. The summed E-state index contributed by atoms with van der Waals surface area (Å²) in [5.74, 6) is 0.202. The summed E-state index contributed by atoms with van der Waals surface area (Å²) >= 11 is 5.89. The van der Waals surface area contributed by atoms with Crippen molar-refractivity contribution in [1.82, 2.24) is 4.90 Å². The van der Waals surface area contributed by atoms with Gasteiger partial charge < -0.3 is 4.74 Å². The van der Waals surface area contributed by atoms with Gasteiger partial charge in [0.25, 0.3) is 0 Å². The molecule has 0 aromatic heterocycles. The molecular formula is C18H24ClNO3. The number of ether oxygens (including phenoxy) is 1. The Morgan fingerprint density at radius 1 is 1.17 bits per heavy atom. The van der Waals surface area contributed by atoms with Gasteiger partial charge in [-0.15, -0.1) is 0 Å². The fourth-order valence-electron chi connectivity index (χ4n) is 2.71. The Morgan fingerprint density at radius 2 is 1.78 bits per heavy atom. The molecule has 1 saturated heterocycles. The van der Waals surface area contributed by atoms with Gasteiger partial charge in [-0.3, -0.25) is 14.5 Å². The summed E-state index contributed by atoms with van der Waals surface area (Å²) < 4.78 is 5.94. The van der Waals surface area contributed by atoms with Gasteiger partial charge in [0.15, 0.2) is 0 Å². The van der Waals surface area contributed by atoms with Crippen LogP contribution in [0.15, 0.2) is 24.3 Å². The van der Waals surface area contributed by atoms with Gasteiger partial charge in [0.1, 0.15) is 0 Å². The van der Waals surface area contributed by atoms with Crippen molar-refractivity contribution >= 4 is 23.4 Å². The van der Waals surface area contributed by atoms with Crippen molar-refractivity contribution in [3.05, 3.63) is 34.9 Å². The molecule has 0 radical (unpaired) electrons. The van der Waals surface area contributed by atoms with Gasteiger partial charge in [0.05, 0.1) is 12.6 Å². The Balaban J connectivity index is 1.79. The fourth-order valence-corrected chi connectivity index (χ4v) is 2.84. The lowest BCUT2D eigenvalue weighted by Crippen LogP contribution is -2.38. The number of benzene rings is 1. The molecule has 1 aliphatic rings. The molecule has 1 heterocycles. The molecule has 23 heavy (non-hydrogen) atoms. The van der Waals surface area contributed by atoms with Crippen LogP contribution in [0.5, 0.6) is 0 Å². The van der Waals surface area contributed by atoms with Crippen LogP contribution in [0.1, 0.15) is 38.7 Å². The van der Waals surface area contributed by atoms with Gasteiger partial charge >= 0.3 is 0 Å². The quantitative estimate of drug-likeness (QED) is 0.682. The van der Waals surface area contributed by atoms with Crippen LogP contribution < -0.4 is 0 Å². The lowest BCUT2D eigenvalue weighted by molar-refractivity contribution is -0.140. The van der Waals surface area contributed by atoms with Gasteiger partial charge in [0, 0.05) is 24.5 Å². The Morgan fingerprint density at radius 3 is 2.35 bits per heavy atom. The van der Waals surface area contributed by atoms with Crippen LogP contribution in [-0.4, -0.2) is 36.0 Å². The molecule has 5 heteroatoms. The number of nitrogens with zero attached hydrogens (tertiary/aromatic N) is 1. The van der Waals surface area contributed by atoms with Crippen LogP contribution in [0.4, 0.5) is 0 Å². The fraction of sp³-hybridized carbons (Fsp3) is 0.556. The highest BCUT2D eigenvalue weighted by Crippen LogP contribution is 2.16. The molecule has 1 aromatic carbocycles. The second kappa shape index (κ2) is 8.46. The Hall–Kier alpha value is -1.39. The van der Waals surface area contributed by atoms with Gasteiger partial charge in [-0.25, -0.2) is 0 Å². The second-order valence-electron chi connectivity index (χ2n) is 6.20. The van der Waals surface area contributed by atoms with E-state index in [4.69, 9.17) is 16.3 Å². The van der Waals surface area contributed by atoms with Crippen LogP contribution >= 0.6 is 11.6 Å². The molecule has 2 unspecified atom stereocenters. The third-order valence-electron chi connectivity index (χ3n) is 4.11. The van der Waals surface area contributed by atoms with Crippen molar-refractivity contribution in [3.63, 3.8) is 0 Å². The molecule has 2 atom stereocenters. The maximum absolute atomic E-state index is 11.7. The number of amides is 2. The molecule has 1 fully saturated rings. The van der Waals surface area contributed by atoms with E-state index in [1.807, 2.05) is 31.2 Å². The van der Waals surface area contributed by atoms with Crippen molar-refractivity contribution in [2.45, 2.75) is 45.6 Å². The van der Waals surface area contributed by atoms with Crippen LogP contribution in [0.3, 0.4) is 0 Å². The van der Waals surface area contributed by atoms with Crippen LogP contribution in [-0.2, 0) is 20.7 Å². The molecule has 2 rings (SSSR count). The first-order valence-electron chi connectivity index (χ1n) is 8.18. The zero-order valence-electron chi connectivity index (χ0n) is 13.8. The van der Waals surface area contributed by atoms with Crippen molar-refractivity contribution in [2.24, 2.45) is 5.92 Å². The molecule has 0 spiro atoms. The van der Waals surface area contributed by atoms with Crippen LogP contribution in [0, 0.1) is 5.92 Å². The summed E-state index contributed by atoms with van der Waals surface area (Å²) in [6, 6.07) is 7.84. The van der Waals surface area contributed by atoms with Crippen LogP contribution in [0.25, 0.3) is 0 Å². The highest BCUT2D eigenvalue weighted by atomic mass is 35.5. The number of likely N-dealkylation sites (tertiary alicyclic amines) is 1. The minimum absolute atomic E-state index is 0.0775. The number of hydrogen-bond donors (Lipinski definition) is 0. The SMILES string of the molecule is CCC(CN1C(=O)CCC1=O)OCC(C)Cc1ccc(Cl)cc1. The predicted octanol–water partition coefficient (Wildman–Crippen LogP) is 3.46. The summed E-state index contributed by atoms with van der Waals surface area (Å²) in [5.41, 5.74) is 1.23. The highest BCUT2D eigenvalue weighted by Gasteiger charge is 2.30. The number of imide groups is 1. The molecule has 0 saturated carbocycles. The van der Waals surface area contributed by atoms with Gasteiger partial charge in [0.2, 0.25) is 11.8 Å². The van der Waals surface area contributed by atoms with Crippen molar-refractivity contribution in [3.8, 4) is 0 Å². The van der Waals surface area contributed by atoms with E-state index in [0.717, 1.165) is 17.9 Å². The van der Waals surface area contributed by atoms with E-state index in [1.165, 1.54) is 10.5 Å². The first kappa shape index (κ1) is 18.0. The molecule has 0 bridgehead atoms. The Bertz CT molecular complexity index is 528. The monoisotopic (exact) mass is 337 g/mol. The average molecular weight is 338 g/mol. The number of halogens is 1. The summed E-state index contributed by atoms with van der Waals surface area (Å²) in [4.78, 5) is 24.7. The van der Waals surface area contributed by atoms with E-state index < -0.39 is 0 Å². The second-order valence-corrected chi connectivity index (χ2v) is 6.63. The summed E-state index contributed by atoms with van der Waals surface area (Å²) in [6.45, 7) is 5.13. The van der Waals surface area contributed by atoms with Crippen molar-refractivity contribution in [1.29, 1.82) is 0 Å². The van der Waals surface area contributed by atoms with E-state index in [1.54, 1.807) is 0 Å². The standard InChI is InChI=1S/C18H24ClNO3/c1-3-16(11-20-17(21)8-9-18(20)22)23-12-13(2)10-14-4-6-15(19)7-5-14/h4-7,13,16H,3,8-12H2,1-2H3. The zero-order valence-corrected chi connectivity index (χ0v) is 14.5. The molecule has 0 aliphatic carbocycles. The minimum Gasteiger partial charge on any atom is -0.376 e. The topological polar surface area (TPSA) is 46.6 Å². The lowest BCUT2D eigenvalue weighted by Gasteiger charge is -2.23. The number of rotatable bonds is 8. The lowest BCUT2D eigenvalue weighted by atomic mass is 10.0. The first-order chi connectivity index (χ1) is 11.0. The number of hydrogen-bond acceptors (Lipinski definition) is 3. The van der Waals surface area contributed by atoms with Gasteiger partial charge in [-0.05, 0) is 36.5 Å². The third kappa shape index (κ3) is 5.33. The molecule has 126 valence electrons. The maximum atomic E-state index is 11.7. The Labute approximate surface area is 142 Å². The molecule has 1 aromatic rings. The Kier molecular flexibility index (Phi) is 6.60. The van der Waals surface area contributed by atoms with Gasteiger partial charge in [-0.2, -0.15) is 0 Å². The molecular weight excluding hydrogens is 314 g/mol. The average Bonchev–Trinajstić information content (AvgIpc) is 2.85. The normalized spacial score (nSPS) is 17.6. The van der Waals surface area contributed by atoms with E-state index in [2.05, 4.69) is 6.92 Å².